The van der Waals surface area contributed by atoms with Crippen molar-refractivity contribution in [1.82, 2.24) is 0 Å². The van der Waals surface area contributed by atoms with Gasteiger partial charge in [-0.2, -0.15) is 0 Å². The number of amides is 1. The lowest BCUT2D eigenvalue weighted by atomic mass is 10.1. The Balaban J connectivity index is 1.24. The van der Waals surface area contributed by atoms with Gasteiger partial charge < -0.3 is 18.9 Å². The molecule has 0 atom stereocenters. The van der Waals surface area contributed by atoms with Crippen molar-refractivity contribution in [3.8, 4) is 23.0 Å². The van der Waals surface area contributed by atoms with Crippen molar-refractivity contribution in [2.45, 2.75) is 27.1 Å². The van der Waals surface area contributed by atoms with Gasteiger partial charge in [-0.25, -0.2) is 4.99 Å². The molecule has 1 aliphatic heterocycles. The number of hydrogen-bond donors (Lipinski definition) is 0. The first-order valence-corrected chi connectivity index (χ1v) is 18.1. The minimum absolute atomic E-state index is 0.203. The van der Waals surface area contributed by atoms with Crippen LogP contribution in [-0.4, -0.2) is 24.3 Å². The SMILES string of the molecule is CCOc1cc(COc2c(Cl)cc(/C=C3/SC(=Nc4ccc(Cl)cc4)N(c4ccc(Cl)cc4)C3=O)cc2OCC)ccc1OCc1ccccc1. The van der Waals surface area contributed by atoms with E-state index in [-0.39, 0.29) is 12.5 Å². The minimum Gasteiger partial charge on any atom is -0.490 e. The molecule has 51 heavy (non-hydrogen) atoms. The number of thioether (sulfide) groups is 1. The topological polar surface area (TPSA) is 69.6 Å². The first kappa shape index (κ1) is 36.2. The zero-order valence-corrected chi connectivity index (χ0v) is 30.9. The minimum atomic E-state index is -0.245. The molecular formula is C40H33Cl3N2O5S. The molecule has 6 rings (SSSR count). The van der Waals surface area contributed by atoms with Crippen LogP contribution in [-0.2, 0) is 18.0 Å². The molecule has 11 heteroatoms. The van der Waals surface area contributed by atoms with Crippen molar-refractivity contribution in [3.05, 3.63) is 146 Å². The summed E-state index contributed by atoms with van der Waals surface area (Å²) in [6.07, 6.45) is 1.76. The van der Waals surface area contributed by atoms with E-state index in [4.69, 9.17) is 58.7 Å². The van der Waals surface area contributed by atoms with Gasteiger partial charge in [0.05, 0.1) is 34.5 Å². The molecule has 0 aromatic heterocycles. The molecule has 1 aliphatic rings. The van der Waals surface area contributed by atoms with Gasteiger partial charge in [-0.1, -0.05) is 71.2 Å². The number of hydrogen-bond acceptors (Lipinski definition) is 7. The monoisotopic (exact) mass is 758 g/mol. The molecule has 0 bridgehead atoms. The van der Waals surface area contributed by atoms with Crippen LogP contribution < -0.4 is 23.8 Å². The van der Waals surface area contributed by atoms with E-state index in [9.17, 15) is 4.79 Å². The summed E-state index contributed by atoms with van der Waals surface area (Å²) in [4.78, 5) is 20.6. The number of rotatable bonds is 13. The molecule has 1 amide bonds. The summed E-state index contributed by atoms with van der Waals surface area (Å²) in [5.41, 5.74) is 3.87. The van der Waals surface area contributed by atoms with Gasteiger partial charge in [0, 0.05) is 10.0 Å². The Morgan fingerprint density at radius 2 is 1.35 bits per heavy atom. The molecule has 0 spiro atoms. The molecule has 0 aliphatic carbocycles. The number of aliphatic imine (C=N–C) groups is 1. The van der Waals surface area contributed by atoms with Gasteiger partial charge >= 0.3 is 0 Å². The number of nitrogens with zero attached hydrogens (tertiary/aromatic N) is 2. The highest BCUT2D eigenvalue weighted by atomic mass is 35.5. The van der Waals surface area contributed by atoms with Crippen molar-refractivity contribution < 1.29 is 23.7 Å². The van der Waals surface area contributed by atoms with E-state index in [1.807, 2.05) is 62.4 Å². The standard InChI is InChI=1S/C40H33Cl3N2O5S/c1-3-47-35-21-27(10-19-34(35)49-24-26-8-6-5-7-9-26)25-50-38-33(43)20-28(22-36(38)48-4-2)23-37-39(46)45(32-17-13-30(42)14-18-32)40(51-37)44-31-15-11-29(41)12-16-31/h5-23H,3-4,24-25H2,1-2H3/b37-23+,44-40?. The predicted octanol–water partition coefficient (Wildman–Crippen LogP) is 11.4. The zero-order valence-electron chi connectivity index (χ0n) is 27.8. The van der Waals surface area contributed by atoms with Crippen LogP contribution in [0.3, 0.4) is 0 Å². The molecule has 1 fully saturated rings. The maximum Gasteiger partial charge on any atom is 0.271 e. The third-order valence-electron chi connectivity index (χ3n) is 7.50. The average Bonchev–Trinajstić information content (AvgIpc) is 3.42. The van der Waals surface area contributed by atoms with E-state index in [0.29, 0.717) is 84.9 Å². The second-order valence-corrected chi connectivity index (χ2v) is 13.4. The first-order chi connectivity index (χ1) is 24.8. The van der Waals surface area contributed by atoms with E-state index in [2.05, 4.69) is 0 Å². The lowest BCUT2D eigenvalue weighted by Gasteiger charge is -2.16. The summed E-state index contributed by atoms with van der Waals surface area (Å²) in [7, 11) is 0. The van der Waals surface area contributed by atoms with Crippen LogP contribution in [0.2, 0.25) is 15.1 Å². The Morgan fingerprint density at radius 1 is 0.686 bits per heavy atom. The van der Waals surface area contributed by atoms with E-state index in [1.54, 1.807) is 71.6 Å². The fourth-order valence-electron chi connectivity index (χ4n) is 5.14. The molecule has 0 unspecified atom stereocenters. The summed E-state index contributed by atoms with van der Waals surface area (Å²) >= 11 is 20.3. The van der Waals surface area contributed by atoms with Crippen molar-refractivity contribution >= 4 is 75.1 Å². The Bertz CT molecular complexity index is 2060. The van der Waals surface area contributed by atoms with Gasteiger partial charge in [-0.15, -0.1) is 0 Å². The number of benzene rings is 5. The average molecular weight is 760 g/mol. The maximum atomic E-state index is 13.9. The van der Waals surface area contributed by atoms with E-state index >= 15 is 0 Å². The lowest BCUT2D eigenvalue weighted by Crippen LogP contribution is -2.28. The second kappa shape index (κ2) is 17.1. The van der Waals surface area contributed by atoms with Gasteiger partial charge in [0.25, 0.3) is 5.91 Å². The molecule has 0 radical (unpaired) electrons. The number of anilines is 1. The van der Waals surface area contributed by atoms with Crippen molar-refractivity contribution in [1.29, 1.82) is 0 Å². The van der Waals surface area contributed by atoms with Crippen LogP contribution in [0.1, 0.15) is 30.5 Å². The van der Waals surface area contributed by atoms with Crippen LogP contribution in [0.5, 0.6) is 23.0 Å². The van der Waals surface area contributed by atoms with Crippen LogP contribution in [0.25, 0.3) is 6.08 Å². The Labute approximate surface area is 316 Å². The van der Waals surface area contributed by atoms with Crippen LogP contribution >= 0.6 is 46.6 Å². The Kier molecular flexibility index (Phi) is 12.1. The number of carbonyl (C=O) groups excluding carboxylic acids is 1. The van der Waals surface area contributed by atoms with E-state index in [1.165, 1.54) is 11.8 Å². The lowest BCUT2D eigenvalue weighted by molar-refractivity contribution is -0.113. The molecule has 260 valence electrons. The summed E-state index contributed by atoms with van der Waals surface area (Å²) < 4.78 is 24.2. The normalized spacial score (nSPS) is 14.3. The number of amidine groups is 1. The molecule has 0 N–H and O–H groups in total. The van der Waals surface area contributed by atoms with Crippen LogP contribution in [0.4, 0.5) is 11.4 Å². The maximum absolute atomic E-state index is 13.9. The Hall–Kier alpha value is -4.60. The molecule has 5 aromatic rings. The van der Waals surface area contributed by atoms with Gasteiger partial charge in [-0.05, 0) is 121 Å². The summed E-state index contributed by atoms with van der Waals surface area (Å²) in [6, 6.07) is 33.3. The predicted molar refractivity (Wildman–Crippen MR) is 208 cm³/mol. The molecule has 0 saturated carbocycles. The van der Waals surface area contributed by atoms with E-state index in [0.717, 1.165) is 11.1 Å². The molecule has 1 saturated heterocycles. The first-order valence-electron chi connectivity index (χ1n) is 16.2. The molecule has 1 heterocycles. The highest BCUT2D eigenvalue weighted by molar-refractivity contribution is 8.19. The summed E-state index contributed by atoms with van der Waals surface area (Å²) in [5.74, 6) is 1.86. The summed E-state index contributed by atoms with van der Waals surface area (Å²) in [6.45, 7) is 5.29. The molecular weight excluding hydrogens is 727 g/mol. The third kappa shape index (κ3) is 9.20. The highest BCUT2D eigenvalue weighted by Gasteiger charge is 2.35. The smallest absolute Gasteiger partial charge is 0.271 e. The largest absolute Gasteiger partial charge is 0.490 e. The van der Waals surface area contributed by atoms with Gasteiger partial charge in [0.1, 0.15) is 13.2 Å². The quantitative estimate of drug-likeness (QED) is 0.111. The van der Waals surface area contributed by atoms with Crippen LogP contribution in [0.15, 0.2) is 119 Å². The van der Waals surface area contributed by atoms with Gasteiger partial charge in [0.2, 0.25) is 0 Å². The second-order valence-electron chi connectivity index (χ2n) is 11.1. The zero-order chi connectivity index (χ0) is 35.7. The highest BCUT2D eigenvalue weighted by Crippen LogP contribution is 2.41. The Morgan fingerprint density at radius 3 is 2.06 bits per heavy atom. The fourth-order valence-corrected chi connectivity index (χ4v) is 6.67. The van der Waals surface area contributed by atoms with Crippen molar-refractivity contribution in [2.75, 3.05) is 18.1 Å². The van der Waals surface area contributed by atoms with Crippen LogP contribution in [0, 0.1) is 0 Å². The van der Waals surface area contributed by atoms with E-state index < -0.39 is 0 Å². The molecule has 7 nitrogen and oxygen atoms in total. The van der Waals surface area contributed by atoms with Gasteiger partial charge in [0.15, 0.2) is 28.2 Å². The number of halogens is 3. The number of ether oxygens (including phenoxy) is 4. The van der Waals surface area contributed by atoms with Crippen molar-refractivity contribution in [3.63, 3.8) is 0 Å². The fraction of sp³-hybridized carbons (Fsp3) is 0.150. The number of carbonyl (C=O) groups is 1. The third-order valence-corrected chi connectivity index (χ3v) is 9.25. The van der Waals surface area contributed by atoms with Gasteiger partial charge in [-0.3, -0.25) is 9.69 Å². The summed E-state index contributed by atoms with van der Waals surface area (Å²) in [5, 5.41) is 1.97. The van der Waals surface area contributed by atoms with Crippen molar-refractivity contribution in [2.24, 2.45) is 4.99 Å². The molecule has 5 aromatic carbocycles.